The summed E-state index contributed by atoms with van der Waals surface area (Å²) < 4.78 is 27.1. The van der Waals surface area contributed by atoms with E-state index in [-0.39, 0.29) is 17.2 Å². The molecule has 1 aliphatic heterocycles. The maximum atomic E-state index is 12.3. The first kappa shape index (κ1) is 13.4. The highest BCUT2D eigenvalue weighted by atomic mass is 32.2. The molecule has 1 heterocycles. The maximum absolute atomic E-state index is 12.3. The number of nitrogen functional groups attached to an aromatic ring is 1. The van der Waals surface area contributed by atoms with Crippen LogP contribution in [0.3, 0.4) is 0 Å². The van der Waals surface area contributed by atoms with E-state index in [1.807, 2.05) is 0 Å². The minimum atomic E-state index is -3.71. The number of anilines is 3. The van der Waals surface area contributed by atoms with E-state index in [0.29, 0.717) is 22.6 Å². The van der Waals surface area contributed by atoms with Gasteiger partial charge in [0.1, 0.15) is 0 Å². The highest BCUT2D eigenvalue weighted by molar-refractivity contribution is 7.92. The van der Waals surface area contributed by atoms with Crippen molar-refractivity contribution < 1.29 is 13.2 Å². The van der Waals surface area contributed by atoms with Crippen molar-refractivity contribution >= 4 is 33.0 Å². The molecule has 0 aromatic heterocycles. The van der Waals surface area contributed by atoms with E-state index < -0.39 is 10.0 Å². The van der Waals surface area contributed by atoms with Gasteiger partial charge in [-0.3, -0.25) is 9.52 Å². The van der Waals surface area contributed by atoms with Crippen molar-refractivity contribution in [1.82, 2.24) is 0 Å². The summed E-state index contributed by atoms with van der Waals surface area (Å²) in [7, 11) is -3.71. The number of sulfonamides is 1. The van der Waals surface area contributed by atoms with Crippen molar-refractivity contribution in [2.75, 3.05) is 15.8 Å². The third-order valence-electron chi connectivity index (χ3n) is 3.15. The van der Waals surface area contributed by atoms with Gasteiger partial charge in [0.25, 0.3) is 10.0 Å². The van der Waals surface area contributed by atoms with Gasteiger partial charge in [-0.15, -0.1) is 0 Å². The van der Waals surface area contributed by atoms with Gasteiger partial charge in [-0.05, 0) is 42.0 Å². The number of hydrogen-bond donors (Lipinski definition) is 3. The average Bonchev–Trinajstić information content (AvgIpc) is 2.77. The summed E-state index contributed by atoms with van der Waals surface area (Å²) in [6, 6.07) is 11.0. The Hall–Kier alpha value is -2.54. The lowest BCUT2D eigenvalue weighted by atomic mass is 10.2. The van der Waals surface area contributed by atoms with E-state index in [4.69, 9.17) is 5.73 Å². The van der Waals surface area contributed by atoms with E-state index in [1.54, 1.807) is 24.3 Å². The molecule has 0 unspecified atom stereocenters. The molecule has 108 valence electrons. The number of hydrogen-bond acceptors (Lipinski definition) is 4. The number of carbonyl (C=O) groups is 1. The molecule has 2 aromatic rings. The molecule has 0 atom stereocenters. The Kier molecular flexibility index (Phi) is 3.06. The standard InChI is InChI=1S/C14H13N3O3S/c15-10-2-1-3-11(8-10)17-21(19,20)12-4-5-13-9(6-12)7-14(18)16-13/h1-6,8,17H,7,15H2,(H,16,18). The van der Waals surface area contributed by atoms with Crippen LogP contribution >= 0.6 is 0 Å². The van der Waals surface area contributed by atoms with E-state index in [0.717, 1.165) is 0 Å². The lowest BCUT2D eigenvalue weighted by Crippen LogP contribution is -2.13. The van der Waals surface area contributed by atoms with E-state index in [2.05, 4.69) is 10.0 Å². The molecule has 1 aliphatic rings. The minimum Gasteiger partial charge on any atom is -0.399 e. The molecule has 0 saturated carbocycles. The molecule has 6 nitrogen and oxygen atoms in total. The number of rotatable bonds is 3. The zero-order valence-electron chi connectivity index (χ0n) is 11.0. The van der Waals surface area contributed by atoms with Crippen molar-refractivity contribution in [3.63, 3.8) is 0 Å². The molecule has 4 N–H and O–H groups in total. The summed E-state index contributed by atoms with van der Waals surface area (Å²) in [6.07, 6.45) is 0.191. The molecule has 0 spiro atoms. The fourth-order valence-corrected chi connectivity index (χ4v) is 3.29. The third-order valence-corrected chi connectivity index (χ3v) is 4.53. The summed E-state index contributed by atoms with van der Waals surface area (Å²) in [6.45, 7) is 0. The number of amides is 1. The van der Waals surface area contributed by atoms with Crippen LogP contribution in [0.4, 0.5) is 17.1 Å². The minimum absolute atomic E-state index is 0.111. The van der Waals surface area contributed by atoms with E-state index in [9.17, 15) is 13.2 Å². The summed E-state index contributed by atoms with van der Waals surface area (Å²) in [5.74, 6) is -0.136. The molecule has 7 heteroatoms. The first-order chi connectivity index (χ1) is 9.94. The Balaban J connectivity index is 1.92. The van der Waals surface area contributed by atoms with Gasteiger partial charge >= 0.3 is 0 Å². The van der Waals surface area contributed by atoms with Gasteiger partial charge in [0.2, 0.25) is 5.91 Å². The molecule has 0 saturated heterocycles. The smallest absolute Gasteiger partial charge is 0.261 e. The van der Waals surface area contributed by atoms with Crippen molar-refractivity contribution in [2.24, 2.45) is 0 Å². The van der Waals surface area contributed by atoms with E-state index >= 15 is 0 Å². The highest BCUT2D eigenvalue weighted by Gasteiger charge is 2.21. The predicted octanol–water partition coefficient (Wildman–Crippen LogP) is 1.56. The molecule has 1 amide bonds. The molecular formula is C14H13N3O3S. The SMILES string of the molecule is Nc1cccc(NS(=O)(=O)c2ccc3c(c2)CC(=O)N3)c1. The van der Waals surface area contributed by atoms with Gasteiger partial charge in [-0.2, -0.15) is 0 Å². The number of nitrogens with two attached hydrogens (primary N) is 1. The Labute approximate surface area is 122 Å². The molecule has 0 fully saturated rings. The topological polar surface area (TPSA) is 101 Å². The van der Waals surface area contributed by atoms with Crippen LogP contribution in [-0.4, -0.2) is 14.3 Å². The molecule has 0 radical (unpaired) electrons. The molecule has 0 aliphatic carbocycles. The second kappa shape index (κ2) is 4.78. The lowest BCUT2D eigenvalue weighted by Gasteiger charge is -2.09. The monoisotopic (exact) mass is 303 g/mol. The van der Waals surface area contributed by atoms with Crippen molar-refractivity contribution in [2.45, 2.75) is 11.3 Å². The number of nitrogens with one attached hydrogen (secondary N) is 2. The van der Waals surface area contributed by atoms with Gasteiger partial charge in [0, 0.05) is 11.4 Å². The van der Waals surface area contributed by atoms with Crippen LogP contribution in [0.25, 0.3) is 0 Å². The van der Waals surface area contributed by atoms with Crippen molar-refractivity contribution in [1.29, 1.82) is 0 Å². The van der Waals surface area contributed by atoms with Gasteiger partial charge in [0.15, 0.2) is 0 Å². The molecule has 21 heavy (non-hydrogen) atoms. The van der Waals surface area contributed by atoms with Crippen molar-refractivity contribution in [3.05, 3.63) is 48.0 Å². The van der Waals surface area contributed by atoms with Crippen LogP contribution in [0.1, 0.15) is 5.56 Å². The number of fused-ring (bicyclic) bond motifs is 1. The molecular weight excluding hydrogens is 290 g/mol. The van der Waals surface area contributed by atoms with Crippen LogP contribution in [0.5, 0.6) is 0 Å². The Morgan fingerprint density at radius 3 is 2.71 bits per heavy atom. The van der Waals surface area contributed by atoms with Gasteiger partial charge in [-0.25, -0.2) is 8.42 Å². The molecule has 0 bridgehead atoms. The first-order valence-electron chi connectivity index (χ1n) is 6.25. The van der Waals surface area contributed by atoms with Gasteiger partial charge < -0.3 is 11.1 Å². The third kappa shape index (κ3) is 2.68. The first-order valence-corrected chi connectivity index (χ1v) is 7.73. The van der Waals surface area contributed by atoms with Crippen molar-refractivity contribution in [3.8, 4) is 0 Å². The molecule has 2 aromatic carbocycles. The normalized spacial score (nSPS) is 13.6. The second-order valence-corrected chi connectivity index (χ2v) is 6.46. The number of carbonyl (C=O) groups excluding carboxylic acids is 1. The summed E-state index contributed by atoms with van der Waals surface area (Å²) in [4.78, 5) is 11.4. The van der Waals surface area contributed by atoms with Gasteiger partial charge in [0.05, 0.1) is 17.0 Å². The zero-order valence-corrected chi connectivity index (χ0v) is 11.8. The van der Waals surface area contributed by atoms with Crippen LogP contribution in [-0.2, 0) is 21.2 Å². The number of benzene rings is 2. The summed E-state index contributed by atoms with van der Waals surface area (Å²) in [5, 5.41) is 2.66. The average molecular weight is 303 g/mol. The fraction of sp³-hybridized carbons (Fsp3) is 0.0714. The van der Waals surface area contributed by atoms with Crippen LogP contribution < -0.4 is 15.8 Å². The van der Waals surface area contributed by atoms with Crippen LogP contribution in [0.15, 0.2) is 47.4 Å². The quantitative estimate of drug-likeness (QED) is 0.749. The summed E-state index contributed by atoms with van der Waals surface area (Å²) in [5.41, 5.74) is 7.82. The Bertz CT molecular complexity index is 831. The largest absolute Gasteiger partial charge is 0.399 e. The zero-order chi connectivity index (χ0) is 15.0. The Morgan fingerprint density at radius 1 is 1.14 bits per heavy atom. The molecule has 3 rings (SSSR count). The lowest BCUT2D eigenvalue weighted by molar-refractivity contribution is -0.115. The van der Waals surface area contributed by atoms with Crippen LogP contribution in [0.2, 0.25) is 0 Å². The van der Waals surface area contributed by atoms with E-state index in [1.165, 1.54) is 18.2 Å². The second-order valence-electron chi connectivity index (χ2n) is 4.77. The van der Waals surface area contributed by atoms with Gasteiger partial charge in [-0.1, -0.05) is 6.07 Å². The maximum Gasteiger partial charge on any atom is 0.261 e. The van der Waals surface area contributed by atoms with Crippen LogP contribution in [0, 0.1) is 0 Å². The fourth-order valence-electron chi connectivity index (χ4n) is 2.19. The predicted molar refractivity (Wildman–Crippen MR) is 80.4 cm³/mol. The summed E-state index contributed by atoms with van der Waals surface area (Å²) >= 11 is 0. The Morgan fingerprint density at radius 2 is 1.95 bits per heavy atom. The highest BCUT2D eigenvalue weighted by Crippen LogP contribution is 2.27.